The Labute approximate surface area is 117 Å². The third kappa shape index (κ3) is 2.90. The van der Waals surface area contributed by atoms with Gasteiger partial charge in [0, 0.05) is 12.1 Å². The van der Waals surface area contributed by atoms with Crippen molar-refractivity contribution in [1.82, 2.24) is 4.90 Å². The summed E-state index contributed by atoms with van der Waals surface area (Å²) in [4.78, 5) is 12.6. The van der Waals surface area contributed by atoms with Crippen LogP contribution < -0.4 is 5.32 Å². The molecule has 20 heavy (non-hydrogen) atoms. The lowest BCUT2D eigenvalue weighted by molar-refractivity contribution is -0.384. The molecule has 5 nitrogen and oxygen atoms in total. The summed E-state index contributed by atoms with van der Waals surface area (Å²) in [6.45, 7) is 0.631. The number of likely N-dealkylation sites (N-methyl/N-ethyl adjacent to an activating group) is 1. The van der Waals surface area contributed by atoms with E-state index < -0.39 is 10.7 Å². The van der Waals surface area contributed by atoms with Gasteiger partial charge in [0.1, 0.15) is 11.5 Å². The van der Waals surface area contributed by atoms with Gasteiger partial charge in [-0.05, 0) is 39.1 Å². The lowest BCUT2D eigenvalue weighted by atomic mass is 9.96. The van der Waals surface area contributed by atoms with Gasteiger partial charge in [0.25, 0.3) is 5.69 Å². The fourth-order valence-electron chi connectivity index (χ4n) is 2.88. The SMILES string of the molecule is CN(C)C1(CNc2ccc(F)cc2[N+](=O)[O-])CCCC1. The quantitative estimate of drug-likeness (QED) is 0.665. The minimum Gasteiger partial charge on any atom is -0.378 e. The van der Waals surface area contributed by atoms with Crippen LogP contribution in [0, 0.1) is 15.9 Å². The zero-order valence-electron chi connectivity index (χ0n) is 11.9. The highest BCUT2D eigenvalue weighted by Crippen LogP contribution is 2.35. The van der Waals surface area contributed by atoms with Crippen LogP contribution >= 0.6 is 0 Å². The summed E-state index contributed by atoms with van der Waals surface area (Å²) < 4.78 is 13.1. The summed E-state index contributed by atoms with van der Waals surface area (Å²) in [5.41, 5.74) is 0.198. The van der Waals surface area contributed by atoms with Gasteiger partial charge < -0.3 is 10.2 Å². The van der Waals surface area contributed by atoms with E-state index >= 15 is 0 Å². The molecule has 1 aliphatic rings. The second-order valence-electron chi connectivity index (χ2n) is 5.60. The van der Waals surface area contributed by atoms with Crippen molar-refractivity contribution in [2.45, 2.75) is 31.2 Å². The Morgan fingerprint density at radius 2 is 2.05 bits per heavy atom. The molecular weight excluding hydrogens is 261 g/mol. The third-order valence-electron chi connectivity index (χ3n) is 4.25. The van der Waals surface area contributed by atoms with Gasteiger partial charge in [-0.2, -0.15) is 0 Å². The number of halogens is 1. The van der Waals surface area contributed by atoms with Crippen LogP contribution in [0.4, 0.5) is 15.8 Å². The van der Waals surface area contributed by atoms with Gasteiger partial charge in [0.2, 0.25) is 0 Å². The third-order valence-corrected chi connectivity index (χ3v) is 4.25. The van der Waals surface area contributed by atoms with Crippen LogP contribution in [0.1, 0.15) is 25.7 Å². The van der Waals surface area contributed by atoms with Crippen LogP contribution in [0.5, 0.6) is 0 Å². The molecule has 110 valence electrons. The molecule has 6 heteroatoms. The van der Waals surface area contributed by atoms with E-state index in [1.54, 1.807) is 0 Å². The Bertz CT molecular complexity index is 499. The maximum Gasteiger partial charge on any atom is 0.295 e. The number of nitrogens with zero attached hydrogens (tertiary/aromatic N) is 2. The largest absolute Gasteiger partial charge is 0.378 e. The monoisotopic (exact) mass is 281 g/mol. The first kappa shape index (κ1) is 14.7. The summed E-state index contributed by atoms with van der Waals surface area (Å²) in [5, 5.41) is 14.1. The summed E-state index contributed by atoms with van der Waals surface area (Å²) in [7, 11) is 4.07. The highest BCUT2D eigenvalue weighted by Gasteiger charge is 2.36. The molecule has 0 unspecified atom stereocenters. The van der Waals surface area contributed by atoms with Gasteiger partial charge in [0.05, 0.1) is 11.0 Å². The topological polar surface area (TPSA) is 58.4 Å². The summed E-state index contributed by atoms with van der Waals surface area (Å²) >= 11 is 0. The first-order valence-corrected chi connectivity index (χ1v) is 6.80. The number of hydrogen-bond acceptors (Lipinski definition) is 4. The van der Waals surface area contributed by atoms with Crippen molar-refractivity contribution in [2.75, 3.05) is 26.0 Å². The highest BCUT2D eigenvalue weighted by atomic mass is 19.1. The zero-order valence-corrected chi connectivity index (χ0v) is 11.9. The van der Waals surface area contributed by atoms with E-state index in [1.807, 2.05) is 14.1 Å². The zero-order chi connectivity index (χ0) is 14.8. The predicted molar refractivity (Wildman–Crippen MR) is 76.4 cm³/mol. The van der Waals surface area contributed by atoms with Crippen LogP contribution in [0.25, 0.3) is 0 Å². The molecule has 0 atom stereocenters. The molecule has 1 aromatic rings. The van der Waals surface area contributed by atoms with Crippen LogP contribution in [0.2, 0.25) is 0 Å². The van der Waals surface area contributed by atoms with Crippen molar-refractivity contribution in [1.29, 1.82) is 0 Å². The Morgan fingerprint density at radius 1 is 1.40 bits per heavy atom. The summed E-state index contributed by atoms with van der Waals surface area (Å²) in [6.07, 6.45) is 4.49. The number of nitro benzene ring substituents is 1. The van der Waals surface area contributed by atoms with Crippen LogP contribution in [0.15, 0.2) is 18.2 Å². The van der Waals surface area contributed by atoms with Gasteiger partial charge in [0.15, 0.2) is 0 Å². The number of rotatable bonds is 5. The first-order valence-electron chi connectivity index (χ1n) is 6.80. The molecule has 0 radical (unpaired) electrons. The Morgan fingerprint density at radius 3 is 2.60 bits per heavy atom. The van der Waals surface area contributed by atoms with E-state index in [0.717, 1.165) is 18.9 Å². The fourth-order valence-corrected chi connectivity index (χ4v) is 2.88. The first-order chi connectivity index (χ1) is 9.44. The van der Waals surface area contributed by atoms with Crippen molar-refractivity contribution in [3.63, 3.8) is 0 Å². The van der Waals surface area contributed by atoms with E-state index in [9.17, 15) is 14.5 Å². The summed E-state index contributed by atoms with van der Waals surface area (Å²) in [5.74, 6) is -0.592. The minimum atomic E-state index is -0.592. The molecule has 1 aliphatic carbocycles. The van der Waals surface area contributed by atoms with Crippen molar-refractivity contribution in [3.8, 4) is 0 Å². The van der Waals surface area contributed by atoms with Crippen molar-refractivity contribution >= 4 is 11.4 Å². The number of nitrogens with one attached hydrogen (secondary N) is 1. The van der Waals surface area contributed by atoms with Gasteiger partial charge in [-0.25, -0.2) is 4.39 Å². The van der Waals surface area contributed by atoms with Gasteiger partial charge in [-0.15, -0.1) is 0 Å². The average molecular weight is 281 g/mol. The summed E-state index contributed by atoms with van der Waals surface area (Å²) in [6, 6.07) is 3.64. The molecule has 0 heterocycles. The van der Waals surface area contributed by atoms with Crippen LogP contribution in [-0.4, -0.2) is 36.0 Å². The second kappa shape index (κ2) is 5.75. The Balaban J connectivity index is 2.16. The second-order valence-corrected chi connectivity index (χ2v) is 5.60. The molecule has 0 bridgehead atoms. The van der Waals surface area contributed by atoms with Crippen molar-refractivity contribution < 1.29 is 9.31 Å². The predicted octanol–water partition coefficient (Wildman–Crippen LogP) is 3.02. The van der Waals surface area contributed by atoms with Gasteiger partial charge in [-0.1, -0.05) is 12.8 Å². The van der Waals surface area contributed by atoms with E-state index in [2.05, 4.69) is 10.2 Å². The molecule has 0 aromatic heterocycles. The van der Waals surface area contributed by atoms with E-state index in [4.69, 9.17) is 0 Å². The molecule has 0 spiro atoms. The molecule has 1 aromatic carbocycles. The molecular formula is C14H20FN3O2. The normalized spacial score (nSPS) is 17.4. The molecule has 1 fully saturated rings. The van der Waals surface area contributed by atoms with E-state index in [0.29, 0.717) is 12.2 Å². The molecule has 0 saturated heterocycles. The lowest BCUT2D eigenvalue weighted by Crippen LogP contribution is -2.47. The lowest BCUT2D eigenvalue weighted by Gasteiger charge is -2.36. The van der Waals surface area contributed by atoms with Crippen molar-refractivity contribution in [2.24, 2.45) is 0 Å². The maximum atomic E-state index is 13.1. The Kier molecular flexibility index (Phi) is 4.23. The molecule has 2 rings (SSSR count). The van der Waals surface area contributed by atoms with E-state index in [-0.39, 0.29) is 11.2 Å². The standard InChI is InChI=1S/C14H20FN3O2/c1-17(2)14(7-3-4-8-14)10-16-12-6-5-11(15)9-13(12)18(19)20/h5-6,9,16H,3-4,7-8,10H2,1-2H3. The number of nitro groups is 1. The Hall–Kier alpha value is -1.69. The van der Waals surface area contributed by atoms with Crippen LogP contribution in [0.3, 0.4) is 0 Å². The number of hydrogen-bond donors (Lipinski definition) is 1. The van der Waals surface area contributed by atoms with Gasteiger partial charge in [-0.3, -0.25) is 10.1 Å². The molecule has 1 saturated carbocycles. The molecule has 0 aliphatic heterocycles. The highest BCUT2D eigenvalue weighted by molar-refractivity contribution is 5.61. The molecule has 1 N–H and O–H groups in total. The molecule has 0 amide bonds. The number of anilines is 1. The maximum absolute atomic E-state index is 13.1. The number of benzene rings is 1. The fraction of sp³-hybridized carbons (Fsp3) is 0.571. The van der Waals surface area contributed by atoms with E-state index in [1.165, 1.54) is 25.0 Å². The van der Waals surface area contributed by atoms with Crippen molar-refractivity contribution in [3.05, 3.63) is 34.1 Å². The van der Waals surface area contributed by atoms with Crippen LogP contribution in [-0.2, 0) is 0 Å². The van der Waals surface area contributed by atoms with Gasteiger partial charge >= 0.3 is 0 Å². The minimum absolute atomic E-state index is 0.0300. The smallest absolute Gasteiger partial charge is 0.295 e. The average Bonchev–Trinajstić information content (AvgIpc) is 2.87.